The quantitative estimate of drug-likeness (QED) is 0.741. The number of carbonyl (C=O) groups is 2. The van der Waals surface area contributed by atoms with Crippen LogP contribution in [0.15, 0.2) is 41.3 Å². The first-order valence-electron chi connectivity index (χ1n) is 11.4. The van der Waals surface area contributed by atoms with Gasteiger partial charge in [0.05, 0.1) is 4.90 Å². The lowest BCUT2D eigenvalue weighted by Crippen LogP contribution is -2.41. The Kier molecular flexibility index (Phi) is 6.33. The lowest BCUT2D eigenvalue weighted by molar-refractivity contribution is -0.121. The molecule has 4 rings (SSSR count). The average Bonchev–Trinajstić information content (AvgIpc) is 3.08. The molecule has 2 aromatic rings. The lowest BCUT2D eigenvalue weighted by atomic mass is 9.97. The van der Waals surface area contributed by atoms with Crippen LogP contribution in [0.2, 0.25) is 0 Å². The van der Waals surface area contributed by atoms with Crippen molar-refractivity contribution in [1.82, 2.24) is 4.31 Å². The Morgan fingerprint density at radius 2 is 1.64 bits per heavy atom. The van der Waals surface area contributed by atoms with Gasteiger partial charge in [0.1, 0.15) is 0 Å². The smallest absolute Gasteiger partial charge is 0.243 e. The van der Waals surface area contributed by atoms with Gasteiger partial charge in [-0.15, -0.1) is 0 Å². The highest BCUT2D eigenvalue weighted by molar-refractivity contribution is 7.89. The Morgan fingerprint density at radius 1 is 1.00 bits per heavy atom. The van der Waals surface area contributed by atoms with E-state index in [0.29, 0.717) is 32.4 Å². The monoisotopic (exact) mass is 469 g/mol. The summed E-state index contributed by atoms with van der Waals surface area (Å²) in [5, 5.41) is 2.99. The molecule has 0 spiro atoms. The molecular formula is C25H31N3O4S. The number of benzene rings is 2. The second-order valence-corrected chi connectivity index (χ2v) is 11.2. The van der Waals surface area contributed by atoms with E-state index in [0.717, 1.165) is 28.1 Å². The highest BCUT2D eigenvalue weighted by atomic mass is 32.2. The van der Waals surface area contributed by atoms with E-state index < -0.39 is 10.0 Å². The zero-order valence-corrected chi connectivity index (χ0v) is 20.4. The van der Waals surface area contributed by atoms with Crippen LogP contribution in [0, 0.1) is 19.8 Å². The van der Waals surface area contributed by atoms with E-state index in [4.69, 9.17) is 0 Å². The van der Waals surface area contributed by atoms with Gasteiger partial charge in [-0.2, -0.15) is 4.31 Å². The normalized spacial score (nSPS) is 19.4. The summed E-state index contributed by atoms with van der Waals surface area (Å²) in [5.41, 5.74) is 4.61. The Balaban J connectivity index is 1.43. The van der Waals surface area contributed by atoms with Gasteiger partial charge < -0.3 is 10.2 Å². The van der Waals surface area contributed by atoms with Gasteiger partial charge in [-0.3, -0.25) is 9.59 Å². The minimum absolute atomic E-state index is 0.0156. The van der Waals surface area contributed by atoms with Crippen molar-refractivity contribution in [2.75, 3.05) is 23.3 Å². The number of hydrogen-bond donors (Lipinski definition) is 1. The zero-order chi connectivity index (χ0) is 23.9. The topological polar surface area (TPSA) is 86.8 Å². The van der Waals surface area contributed by atoms with E-state index >= 15 is 0 Å². The molecule has 2 aliphatic heterocycles. The number of rotatable bonds is 4. The Labute approximate surface area is 195 Å². The number of amides is 2. The van der Waals surface area contributed by atoms with Gasteiger partial charge in [-0.1, -0.05) is 6.07 Å². The zero-order valence-electron chi connectivity index (χ0n) is 19.6. The first kappa shape index (κ1) is 23.4. The fraction of sp³-hybridized carbons (Fsp3) is 0.440. The van der Waals surface area contributed by atoms with Crippen LogP contribution in [-0.4, -0.2) is 43.7 Å². The van der Waals surface area contributed by atoms with Crippen molar-refractivity contribution < 1.29 is 18.0 Å². The summed E-state index contributed by atoms with van der Waals surface area (Å²) in [6, 6.07) is 11.0. The van der Waals surface area contributed by atoms with E-state index in [9.17, 15) is 18.0 Å². The molecule has 1 N–H and O–H groups in total. The molecule has 1 fully saturated rings. The van der Waals surface area contributed by atoms with Crippen LogP contribution in [0.4, 0.5) is 11.4 Å². The molecule has 0 unspecified atom stereocenters. The molecule has 8 heteroatoms. The molecule has 0 aliphatic carbocycles. The summed E-state index contributed by atoms with van der Waals surface area (Å²) in [7, 11) is -3.66. The fourth-order valence-corrected chi connectivity index (χ4v) is 6.57. The van der Waals surface area contributed by atoms with Gasteiger partial charge in [0.2, 0.25) is 21.8 Å². The van der Waals surface area contributed by atoms with E-state index in [2.05, 4.69) is 11.4 Å². The summed E-state index contributed by atoms with van der Waals surface area (Å²) in [6.45, 7) is 8.08. The maximum Gasteiger partial charge on any atom is 0.243 e. The van der Waals surface area contributed by atoms with Crippen molar-refractivity contribution in [1.29, 1.82) is 0 Å². The predicted molar refractivity (Wildman–Crippen MR) is 129 cm³/mol. The summed E-state index contributed by atoms with van der Waals surface area (Å²) in [5.74, 6) is -0.326. The molecular weight excluding hydrogens is 438 g/mol. The summed E-state index contributed by atoms with van der Waals surface area (Å²) in [4.78, 5) is 26.7. The number of anilines is 2. The minimum atomic E-state index is -3.66. The van der Waals surface area contributed by atoms with Crippen molar-refractivity contribution >= 4 is 33.2 Å². The Hall–Kier alpha value is -2.71. The van der Waals surface area contributed by atoms with Crippen LogP contribution < -0.4 is 10.2 Å². The highest BCUT2D eigenvalue weighted by Crippen LogP contribution is 2.35. The largest absolute Gasteiger partial charge is 0.326 e. The molecule has 1 atom stereocenters. The molecule has 0 saturated carbocycles. The second-order valence-electron chi connectivity index (χ2n) is 9.28. The van der Waals surface area contributed by atoms with Gasteiger partial charge in [0.25, 0.3) is 0 Å². The standard InChI is InChI=1S/C25H31N3O4S/c1-16-11-17(2)13-22(12-16)26-25(30)20-7-9-27(10-8-20)33(31,32)23-5-6-24-21(15-23)14-18(3)28(24)19(4)29/h5-6,11-13,15,18,20H,7-10,14H2,1-4H3,(H,26,30)/t18-/m1/s1. The predicted octanol–water partition coefficient (Wildman–Crippen LogP) is 3.64. The summed E-state index contributed by atoms with van der Waals surface area (Å²) in [6.07, 6.45) is 1.60. The van der Waals surface area contributed by atoms with Gasteiger partial charge >= 0.3 is 0 Å². The number of piperidine rings is 1. The Bertz CT molecular complexity index is 1180. The first-order valence-corrected chi connectivity index (χ1v) is 12.8. The maximum absolute atomic E-state index is 13.3. The molecule has 176 valence electrons. The number of fused-ring (bicyclic) bond motifs is 1. The first-order chi connectivity index (χ1) is 15.6. The van der Waals surface area contributed by atoms with Crippen molar-refractivity contribution in [3.05, 3.63) is 53.1 Å². The number of carbonyl (C=O) groups excluding carboxylic acids is 2. The molecule has 7 nitrogen and oxygen atoms in total. The average molecular weight is 470 g/mol. The third-order valence-corrected chi connectivity index (χ3v) is 8.45. The van der Waals surface area contributed by atoms with Crippen LogP contribution in [0.25, 0.3) is 0 Å². The molecule has 2 amide bonds. The fourth-order valence-electron chi connectivity index (χ4n) is 5.05. The van der Waals surface area contributed by atoms with Crippen LogP contribution >= 0.6 is 0 Å². The molecule has 2 aromatic carbocycles. The van der Waals surface area contributed by atoms with Crippen molar-refractivity contribution in [3.8, 4) is 0 Å². The third kappa shape index (κ3) is 4.68. The molecule has 2 aliphatic rings. The second kappa shape index (κ2) is 8.91. The third-order valence-electron chi connectivity index (χ3n) is 6.56. The molecule has 0 bridgehead atoms. The maximum atomic E-state index is 13.3. The van der Waals surface area contributed by atoms with Crippen molar-refractivity contribution in [3.63, 3.8) is 0 Å². The van der Waals surface area contributed by atoms with E-state index in [1.54, 1.807) is 23.1 Å². The Morgan fingerprint density at radius 3 is 2.24 bits per heavy atom. The molecule has 2 heterocycles. The van der Waals surface area contributed by atoms with Crippen LogP contribution in [-0.2, 0) is 26.0 Å². The van der Waals surface area contributed by atoms with E-state index in [1.165, 1.54) is 11.2 Å². The molecule has 1 saturated heterocycles. The van der Waals surface area contributed by atoms with Gasteiger partial charge in [-0.25, -0.2) is 8.42 Å². The van der Waals surface area contributed by atoms with Crippen LogP contribution in [0.1, 0.15) is 43.4 Å². The number of hydrogen-bond acceptors (Lipinski definition) is 4. The lowest BCUT2D eigenvalue weighted by Gasteiger charge is -2.30. The molecule has 0 aromatic heterocycles. The van der Waals surface area contributed by atoms with E-state index in [1.807, 2.05) is 32.9 Å². The SMILES string of the molecule is CC(=O)N1c2ccc(S(=O)(=O)N3CCC(C(=O)Nc4cc(C)cc(C)c4)CC3)cc2C[C@H]1C. The number of aryl methyl sites for hydroxylation is 2. The summed E-state index contributed by atoms with van der Waals surface area (Å²) < 4.78 is 28.0. The number of nitrogens with one attached hydrogen (secondary N) is 1. The van der Waals surface area contributed by atoms with Gasteiger partial charge in [-0.05, 0) is 87.1 Å². The van der Waals surface area contributed by atoms with Gasteiger partial charge in [0.15, 0.2) is 0 Å². The number of nitrogens with zero attached hydrogens (tertiary/aromatic N) is 2. The molecule has 33 heavy (non-hydrogen) atoms. The van der Waals surface area contributed by atoms with Crippen LogP contribution in [0.3, 0.4) is 0 Å². The van der Waals surface area contributed by atoms with Crippen molar-refractivity contribution in [2.45, 2.75) is 57.9 Å². The number of sulfonamides is 1. The van der Waals surface area contributed by atoms with Gasteiger partial charge in [0, 0.05) is 43.3 Å². The van der Waals surface area contributed by atoms with Crippen molar-refractivity contribution in [2.24, 2.45) is 5.92 Å². The highest BCUT2D eigenvalue weighted by Gasteiger charge is 2.34. The van der Waals surface area contributed by atoms with E-state index in [-0.39, 0.29) is 28.7 Å². The molecule has 0 radical (unpaired) electrons. The van der Waals surface area contributed by atoms with Crippen LogP contribution in [0.5, 0.6) is 0 Å². The summed E-state index contributed by atoms with van der Waals surface area (Å²) >= 11 is 0. The minimum Gasteiger partial charge on any atom is -0.326 e.